The predicted molar refractivity (Wildman–Crippen MR) is 244 cm³/mol. The van der Waals surface area contributed by atoms with Crippen molar-refractivity contribution in [2.75, 3.05) is 9.80 Å². The number of thiophene rings is 1. The van der Waals surface area contributed by atoms with Gasteiger partial charge in [-0.15, -0.1) is 11.3 Å². The van der Waals surface area contributed by atoms with Crippen LogP contribution in [0, 0.1) is 17.0 Å². The second kappa shape index (κ2) is 15.2. The Morgan fingerprint density at radius 1 is 0.542 bits per heavy atom. The zero-order valence-electron chi connectivity index (χ0n) is 35.1. The zero-order chi connectivity index (χ0) is 41.9. The fraction of sp³-hybridized carbons (Fsp3) is 0.265. The molecule has 2 heterocycles. The molecule has 0 aliphatic carbocycles. The lowest BCUT2D eigenvalue weighted by molar-refractivity contribution is 0.00504. The lowest BCUT2D eigenvalue weighted by atomic mass is 9.76. The van der Waals surface area contributed by atoms with Crippen molar-refractivity contribution in [1.82, 2.24) is 0 Å². The Labute approximate surface area is 352 Å². The molecule has 1 saturated heterocycles. The highest BCUT2D eigenvalue weighted by Gasteiger charge is 2.51. The Bertz CT molecular complexity index is 2590. The summed E-state index contributed by atoms with van der Waals surface area (Å²) in [5, 5.41) is 2.18. The highest BCUT2D eigenvalue weighted by molar-refractivity contribution is 7.25. The monoisotopic (exact) mass is 805 g/mol. The van der Waals surface area contributed by atoms with Crippen LogP contribution in [0.5, 0.6) is 0 Å². The molecule has 0 saturated carbocycles. The number of halogens is 2. The van der Waals surface area contributed by atoms with Crippen molar-refractivity contribution in [2.24, 2.45) is 5.41 Å². The third-order valence-electron chi connectivity index (χ3n) is 12.2. The third kappa shape index (κ3) is 8.04. The number of nitrogens with zero attached hydrogens (tertiary/aromatic N) is 2. The summed E-state index contributed by atoms with van der Waals surface area (Å²) in [6.45, 7) is 18.9. The normalized spacial score (nSPS) is 15.2. The van der Waals surface area contributed by atoms with E-state index < -0.39 is 18.3 Å². The van der Waals surface area contributed by atoms with Crippen molar-refractivity contribution >= 4 is 91.2 Å². The lowest BCUT2D eigenvalue weighted by Crippen LogP contribution is -2.42. The van der Waals surface area contributed by atoms with Crippen molar-refractivity contribution in [3.8, 4) is 0 Å². The van der Waals surface area contributed by atoms with E-state index in [0.29, 0.717) is 0 Å². The minimum atomic E-state index is -0.485. The van der Waals surface area contributed by atoms with E-state index in [1.165, 1.54) is 24.3 Å². The number of hydrogen-bond donors (Lipinski definition) is 0. The largest absolute Gasteiger partial charge is 0.494 e. The Morgan fingerprint density at radius 2 is 0.915 bits per heavy atom. The van der Waals surface area contributed by atoms with Gasteiger partial charge in [0.05, 0.1) is 16.8 Å². The van der Waals surface area contributed by atoms with Gasteiger partial charge in [0, 0.05) is 54.3 Å². The molecule has 59 heavy (non-hydrogen) atoms. The fourth-order valence-electron chi connectivity index (χ4n) is 6.96. The first-order valence-electron chi connectivity index (χ1n) is 20.0. The lowest BCUT2D eigenvalue weighted by Gasteiger charge is -2.39. The summed E-state index contributed by atoms with van der Waals surface area (Å²) < 4.78 is 49.7. The first-order valence-corrected chi connectivity index (χ1v) is 20.9. The highest BCUT2D eigenvalue weighted by atomic mass is 32.1. The van der Waals surface area contributed by atoms with Gasteiger partial charge in [0.15, 0.2) is 0 Å². The summed E-state index contributed by atoms with van der Waals surface area (Å²) in [7, 11) is 1.34. The van der Waals surface area contributed by atoms with Gasteiger partial charge in [0.1, 0.15) is 11.6 Å². The van der Waals surface area contributed by atoms with Crippen LogP contribution in [0.1, 0.15) is 62.3 Å². The van der Waals surface area contributed by atoms with Gasteiger partial charge in [-0.25, -0.2) is 8.78 Å². The number of benzene rings is 6. The van der Waals surface area contributed by atoms with E-state index in [9.17, 15) is 8.78 Å². The molecule has 1 aromatic heterocycles. The molecule has 299 valence electrons. The van der Waals surface area contributed by atoms with Crippen LogP contribution in [0.2, 0.25) is 0 Å². The minimum absolute atomic E-state index is 0.0467. The van der Waals surface area contributed by atoms with Crippen LogP contribution >= 0.6 is 11.3 Å². The minimum Gasteiger partial charge on any atom is -0.429 e. The van der Waals surface area contributed by atoms with E-state index in [-0.39, 0.29) is 22.7 Å². The average molecular weight is 806 g/mol. The van der Waals surface area contributed by atoms with Crippen LogP contribution in [0.25, 0.3) is 20.2 Å². The van der Waals surface area contributed by atoms with Gasteiger partial charge in [-0.3, -0.25) is 0 Å². The highest BCUT2D eigenvalue weighted by Crippen LogP contribution is 2.44. The quantitative estimate of drug-likeness (QED) is 0.129. The molecule has 0 amide bonds. The first-order chi connectivity index (χ1) is 27.9. The molecule has 6 aromatic carbocycles. The van der Waals surface area contributed by atoms with Crippen molar-refractivity contribution < 1.29 is 22.7 Å². The van der Waals surface area contributed by atoms with Crippen LogP contribution in [-0.4, -0.2) is 31.4 Å². The van der Waals surface area contributed by atoms with Crippen LogP contribution < -0.4 is 20.7 Å². The molecule has 0 N–H and O–H groups in total. The molecular formula is C49H49B2F2N2O3S. The van der Waals surface area contributed by atoms with Gasteiger partial charge >= 0.3 is 14.6 Å². The van der Waals surface area contributed by atoms with Crippen LogP contribution in [0.4, 0.5) is 42.9 Å². The Balaban J connectivity index is 1.17. The van der Waals surface area contributed by atoms with Crippen LogP contribution in [0.3, 0.4) is 0 Å². The van der Waals surface area contributed by atoms with Crippen molar-refractivity contribution in [3.63, 3.8) is 0 Å². The second-order valence-electron chi connectivity index (χ2n) is 17.9. The summed E-state index contributed by atoms with van der Waals surface area (Å²) in [4.78, 5) is 4.28. The molecule has 0 bridgehead atoms. The maximum atomic E-state index is 14.3. The predicted octanol–water partition coefficient (Wildman–Crippen LogP) is 12.7. The third-order valence-corrected chi connectivity index (χ3v) is 13.4. The molecule has 5 nitrogen and oxygen atoms in total. The summed E-state index contributed by atoms with van der Waals surface area (Å²) in [6.07, 6.45) is 0. The van der Waals surface area contributed by atoms with Crippen molar-refractivity contribution in [2.45, 2.75) is 79.1 Å². The van der Waals surface area contributed by atoms with E-state index in [1.54, 1.807) is 35.6 Å². The maximum absolute atomic E-state index is 14.3. The number of anilines is 6. The Kier molecular flexibility index (Phi) is 10.5. The van der Waals surface area contributed by atoms with Gasteiger partial charge in [-0.05, 0) is 162 Å². The summed E-state index contributed by atoms with van der Waals surface area (Å²) in [6, 6.07) is 42.5. The molecule has 8 rings (SSSR count). The topological polar surface area (TPSA) is 34.2 Å². The van der Waals surface area contributed by atoms with Gasteiger partial charge in [0.25, 0.3) is 0 Å². The number of fused-ring (bicyclic) bond motifs is 3. The van der Waals surface area contributed by atoms with Gasteiger partial charge < -0.3 is 23.8 Å². The number of hydrogen-bond acceptors (Lipinski definition) is 6. The molecule has 0 unspecified atom stereocenters. The first kappa shape index (κ1) is 40.8. The van der Waals surface area contributed by atoms with Gasteiger partial charge in [0.2, 0.25) is 0 Å². The van der Waals surface area contributed by atoms with E-state index in [4.69, 9.17) is 14.0 Å². The number of rotatable bonds is 10. The molecule has 10 heteroatoms. The van der Waals surface area contributed by atoms with Crippen LogP contribution in [-0.2, 0) is 14.0 Å². The van der Waals surface area contributed by atoms with Gasteiger partial charge in [-0.2, -0.15) is 0 Å². The molecule has 1 aliphatic rings. The van der Waals surface area contributed by atoms with Crippen molar-refractivity contribution in [1.29, 1.82) is 0 Å². The van der Waals surface area contributed by atoms with E-state index >= 15 is 0 Å². The molecule has 1 fully saturated rings. The molecule has 1 aliphatic heterocycles. The molecular weight excluding hydrogens is 756 g/mol. The SMILES string of the molecule is CC(C)(C)C(C)(C)O[B]c1ccc(N(c2ccc(F)cc2)c2ccc3sc4ccc(N(c5ccc(F)cc5)c5ccc(B6OC(C)(C)C(C)(C)O6)cc5)cc4c3c2)cc1. The van der Waals surface area contributed by atoms with Crippen molar-refractivity contribution in [3.05, 3.63) is 145 Å². The average Bonchev–Trinajstić information content (AvgIpc) is 3.67. The smallest absolute Gasteiger partial charge is 0.429 e. The van der Waals surface area contributed by atoms with E-state index in [0.717, 1.165) is 65.2 Å². The maximum Gasteiger partial charge on any atom is 0.494 e. The molecule has 0 spiro atoms. The summed E-state index contributed by atoms with van der Waals surface area (Å²) >= 11 is 1.73. The molecule has 1 radical (unpaired) electrons. The Hall–Kier alpha value is -4.99. The van der Waals surface area contributed by atoms with E-state index in [1.807, 2.05) is 59.4 Å². The molecule has 0 atom stereocenters. The summed E-state index contributed by atoms with van der Waals surface area (Å²) in [5.74, 6) is -0.592. The summed E-state index contributed by atoms with van der Waals surface area (Å²) in [5.41, 5.74) is 5.92. The Morgan fingerprint density at radius 3 is 1.32 bits per heavy atom. The van der Waals surface area contributed by atoms with E-state index in [2.05, 4.69) is 105 Å². The zero-order valence-corrected chi connectivity index (χ0v) is 36.0. The second-order valence-corrected chi connectivity index (χ2v) is 18.9. The molecule has 7 aromatic rings. The van der Waals surface area contributed by atoms with Crippen LogP contribution in [0.15, 0.2) is 133 Å². The standard InChI is InChI=1S/C49H49B2F2N2O3S/c1-46(2,3)47(4,5)56-50-32-10-18-36(19-11-32)54(38-22-14-34(52)15-23-38)40-26-28-44-42(30-40)43-31-41(27-29-45(43)59-44)55(39-24-16-35(53)17-25-39)37-20-12-33(13-21-37)51-57-48(6,7)49(8,9)58-51/h10-31H,1-9H3. The van der Waals surface area contributed by atoms with Gasteiger partial charge in [-0.1, -0.05) is 50.5 Å². The fourth-order valence-corrected chi connectivity index (χ4v) is 8.03.